The van der Waals surface area contributed by atoms with Crippen LogP contribution in [0.4, 0.5) is 5.69 Å². The molecule has 1 aliphatic carbocycles. The minimum atomic E-state index is -0.618. The van der Waals surface area contributed by atoms with E-state index in [1.165, 1.54) is 12.1 Å². The van der Waals surface area contributed by atoms with Crippen LogP contribution in [-0.2, 0) is 11.3 Å². The van der Waals surface area contributed by atoms with Crippen LogP contribution in [0.1, 0.15) is 41.6 Å². The lowest BCUT2D eigenvalue weighted by molar-refractivity contribution is -0.384. The summed E-state index contributed by atoms with van der Waals surface area (Å²) in [6.45, 7) is 1.76. The van der Waals surface area contributed by atoms with Gasteiger partial charge in [-0.1, -0.05) is 18.2 Å². The van der Waals surface area contributed by atoms with Crippen molar-refractivity contribution in [1.29, 1.82) is 0 Å². The van der Waals surface area contributed by atoms with Gasteiger partial charge in [0.2, 0.25) is 5.91 Å². The van der Waals surface area contributed by atoms with E-state index < -0.39 is 11.0 Å². The number of non-ortho nitro benzene ring substituents is 1. The van der Waals surface area contributed by atoms with Crippen LogP contribution in [0.3, 0.4) is 0 Å². The molecule has 1 saturated heterocycles. The van der Waals surface area contributed by atoms with E-state index in [0.29, 0.717) is 50.0 Å². The van der Waals surface area contributed by atoms with Gasteiger partial charge in [0.1, 0.15) is 11.8 Å². The average molecular weight is 496 g/mol. The highest BCUT2D eigenvalue weighted by atomic mass is 16.6. The van der Waals surface area contributed by atoms with Crippen molar-refractivity contribution < 1.29 is 19.2 Å². The van der Waals surface area contributed by atoms with Crippen molar-refractivity contribution in [2.45, 2.75) is 50.4 Å². The van der Waals surface area contributed by atoms with Gasteiger partial charge in [-0.05, 0) is 49.4 Å². The van der Waals surface area contributed by atoms with Crippen molar-refractivity contribution in [3.8, 4) is 5.75 Å². The van der Waals surface area contributed by atoms with Crippen LogP contribution < -0.4 is 15.8 Å². The molecular weight excluding hydrogens is 462 g/mol. The Kier molecular flexibility index (Phi) is 8.17. The Bertz CT molecular complexity index is 1090. The fourth-order valence-corrected chi connectivity index (χ4v) is 4.87. The Morgan fingerprint density at radius 2 is 1.92 bits per heavy atom. The molecule has 1 unspecified atom stereocenters. The summed E-state index contributed by atoms with van der Waals surface area (Å²) in [4.78, 5) is 41.3. The Hall–Kier alpha value is -3.50. The second kappa shape index (κ2) is 11.5. The van der Waals surface area contributed by atoms with E-state index in [-0.39, 0.29) is 23.5 Å². The number of nitro benzene ring substituents is 1. The first-order valence-corrected chi connectivity index (χ1v) is 12.3. The number of rotatable bonds is 10. The van der Waals surface area contributed by atoms with E-state index in [2.05, 4.69) is 10.2 Å². The molecule has 0 spiro atoms. The number of piperidine rings is 1. The molecule has 2 aromatic rings. The molecule has 2 atom stereocenters. The maximum absolute atomic E-state index is 13.5. The van der Waals surface area contributed by atoms with Gasteiger partial charge in [0, 0.05) is 56.0 Å². The van der Waals surface area contributed by atoms with Crippen LogP contribution in [0.2, 0.25) is 0 Å². The van der Waals surface area contributed by atoms with Crippen LogP contribution in [0, 0.1) is 10.1 Å². The number of nitrogens with one attached hydrogen (secondary N) is 1. The summed E-state index contributed by atoms with van der Waals surface area (Å²) in [5.74, 6) is 0.184. The number of likely N-dealkylation sites (tertiary alicyclic amines) is 1. The van der Waals surface area contributed by atoms with Gasteiger partial charge in [0.05, 0.1) is 12.0 Å². The topological polar surface area (TPSA) is 131 Å². The predicted octanol–water partition coefficient (Wildman–Crippen LogP) is 2.32. The highest BCUT2D eigenvalue weighted by molar-refractivity contribution is 5.98. The fourth-order valence-electron chi connectivity index (χ4n) is 4.87. The molecule has 3 N–H and O–H groups in total. The summed E-state index contributed by atoms with van der Waals surface area (Å²) >= 11 is 0. The van der Waals surface area contributed by atoms with Crippen molar-refractivity contribution in [1.82, 2.24) is 15.1 Å². The molecule has 192 valence electrons. The molecule has 1 saturated carbocycles. The molecule has 4 rings (SSSR count). The zero-order valence-corrected chi connectivity index (χ0v) is 20.5. The molecule has 0 aromatic heterocycles. The van der Waals surface area contributed by atoms with Gasteiger partial charge in [-0.15, -0.1) is 0 Å². The molecule has 2 aromatic carbocycles. The SMILES string of the molecule is COc1cccc(C(=O)N2CCC(N(Cc3ccc([N+](=O)[O-])cc3)C3CC3)C[C@@H]2C(=O)NCCN)c1. The van der Waals surface area contributed by atoms with Gasteiger partial charge in [0.25, 0.3) is 11.6 Å². The van der Waals surface area contributed by atoms with Crippen LogP contribution >= 0.6 is 0 Å². The number of amides is 2. The fraction of sp³-hybridized carbons (Fsp3) is 0.462. The Labute approximate surface area is 210 Å². The molecular formula is C26H33N5O5. The number of nitro groups is 1. The monoisotopic (exact) mass is 495 g/mol. The number of carbonyl (C=O) groups excluding carboxylic acids is 2. The Morgan fingerprint density at radius 1 is 1.17 bits per heavy atom. The third-order valence-electron chi connectivity index (χ3n) is 6.90. The largest absolute Gasteiger partial charge is 0.497 e. The summed E-state index contributed by atoms with van der Waals surface area (Å²) < 4.78 is 5.27. The van der Waals surface area contributed by atoms with Crippen molar-refractivity contribution in [3.05, 3.63) is 69.8 Å². The molecule has 2 amide bonds. The number of hydrogen-bond acceptors (Lipinski definition) is 7. The number of nitrogens with two attached hydrogens (primary N) is 1. The third-order valence-corrected chi connectivity index (χ3v) is 6.90. The average Bonchev–Trinajstić information content (AvgIpc) is 3.75. The Balaban J connectivity index is 1.53. The lowest BCUT2D eigenvalue weighted by atomic mass is 9.93. The number of methoxy groups -OCH3 is 1. The molecule has 2 fully saturated rings. The van der Waals surface area contributed by atoms with E-state index in [0.717, 1.165) is 24.8 Å². The minimum absolute atomic E-state index is 0.0673. The highest BCUT2D eigenvalue weighted by Crippen LogP contribution is 2.35. The van der Waals surface area contributed by atoms with Crippen LogP contribution in [0.25, 0.3) is 0 Å². The van der Waals surface area contributed by atoms with E-state index in [9.17, 15) is 19.7 Å². The summed E-state index contributed by atoms with van der Waals surface area (Å²) in [6, 6.07) is 13.5. The molecule has 0 radical (unpaired) electrons. The number of hydrogen-bond donors (Lipinski definition) is 2. The molecule has 10 heteroatoms. The molecule has 0 bridgehead atoms. The minimum Gasteiger partial charge on any atom is -0.497 e. The van der Waals surface area contributed by atoms with Crippen LogP contribution in [0.5, 0.6) is 5.75 Å². The first-order chi connectivity index (χ1) is 17.4. The van der Waals surface area contributed by atoms with Gasteiger partial charge >= 0.3 is 0 Å². The highest BCUT2D eigenvalue weighted by Gasteiger charge is 2.42. The zero-order chi connectivity index (χ0) is 25.7. The zero-order valence-electron chi connectivity index (χ0n) is 20.5. The number of benzene rings is 2. The van der Waals surface area contributed by atoms with Crippen LogP contribution in [0.15, 0.2) is 48.5 Å². The molecule has 2 aliphatic rings. The summed E-state index contributed by atoms with van der Waals surface area (Å²) in [6.07, 6.45) is 3.41. The second-order valence-electron chi connectivity index (χ2n) is 9.33. The first kappa shape index (κ1) is 25.6. The van der Waals surface area contributed by atoms with E-state index >= 15 is 0 Å². The van der Waals surface area contributed by atoms with Crippen molar-refractivity contribution in [2.75, 3.05) is 26.7 Å². The van der Waals surface area contributed by atoms with Crippen molar-refractivity contribution >= 4 is 17.5 Å². The summed E-state index contributed by atoms with van der Waals surface area (Å²) in [5, 5.41) is 13.9. The maximum Gasteiger partial charge on any atom is 0.269 e. The van der Waals surface area contributed by atoms with E-state index in [1.54, 1.807) is 48.4 Å². The first-order valence-electron chi connectivity index (χ1n) is 12.3. The van der Waals surface area contributed by atoms with Crippen LogP contribution in [-0.4, -0.2) is 71.4 Å². The summed E-state index contributed by atoms with van der Waals surface area (Å²) in [7, 11) is 1.55. The third kappa shape index (κ3) is 6.00. The summed E-state index contributed by atoms with van der Waals surface area (Å²) in [5.41, 5.74) is 7.14. The van der Waals surface area contributed by atoms with E-state index in [4.69, 9.17) is 10.5 Å². The lowest BCUT2D eigenvalue weighted by Gasteiger charge is -2.43. The second-order valence-corrected chi connectivity index (χ2v) is 9.33. The van der Waals surface area contributed by atoms with Gasteiger partial charge in [-0.3, -0.25) is 24.6 Å². The van der Waals surface area contributed by atoms with Crippen molar-refractivity contribution in [3.63, 3.8) is 0 Å². The van der Waals surface area contributed by atoms with Gasteiger partial charge < -0.3 is 20.7 Å². The van der Waals surface area contributed by atoms with Crippen molar-refractivity contribution in [2.24, 2.45) is 5.73 Å². The predicted molar refractivity (Wildman–Crippen MR) is 135 cm³/mol. The van der Waals surface area contributed by atoms with Gasteiger partial charge in [0.15, 0.2) is 0 Å². The number of ether oxygens (including phenoxy) is 1. The number of nitrogens with zero attached hydrogens (tertiary/aromatic N) is 3. The molecule has 1 aliphatic heterocycles. The molecule has 36 heavy (non-hydrogen) atoms. The maximum atomic E-state index is 13.5. The smallest absolute Gasteiger partial charge is 0.269 e. The molecule has 10 nitrogen and oxygen atoms in total. The van der Waals surface area contributed by atoms with Gasteiger partial charge in [-0.2, -0.15) is 0 Å². The van der Waals surface area contributed by atoms with Gasteiger partial charge in [-0.25, -0.2) is 0 Å². The molecule has 1 heterocycles. The lowest BCUT2D eigenvalue weighted by Crippen LogP contribution is -2.57. The quantitative estimate of drug-likeness (QED) is 0.382. The Morgan fingerprint density at radius 3 is 2.56 bits per heavy atom. The standard InChI is InChI=1S/C26H33N5O5/c1-36-23-4-2-3-19(15-23)26(33)29-14-11-22(16-24(29)25(32)28-13-12-27)30(20-9-10-20)17-18-5-7-21(8-6-18)31(34)35/h2-8,15,20,22,24H,9-14,16-17,27H2,1H3,(H,28,32)/t22?,24-/m1/s1. The van der Waals surface area contributed by atoms with E-state index in [1.807, 2.05) is 0 Å². The number of carbonyl (C=O) groups is 2. The normalized spacial score (nSPS) is 19.7.